The first-order valence-electron chi connectivity index (χ1n) is 6.88. The average molecular weight is 263 g/mol. The molecular weight excluding hydrogens is 242 g/mol. The molecule has 0 unspecified atom stereocenters. The SMILES string of the molecule is CCc1cccc(OCC(=O)NC[C@H]2CCCO2)c1. The molecule has 0 spiro atoms. The van der Waals surface area contributed by atoms with E-state index >= 15 is 0 Å². The van der Waals surface area contributed by atoms with E-state index in [0.717, 1.165) is 31.6 Å². The van der Waals surface area contributed by atoms with E-state index in [9.17, 15) is 4.79 Å². The second kappa shape index (κ2) is 7.14. The standard InChI is InChI=1S/C15H21NO3/c1-2-12-5-3-6-13(9-12)19-11-15(17)16-10-14-7-4-8-18-14/h3,5-6,9,14H,2,4,7-8,10-11H2,1H3,(H,16,17)/t14-/m1/s1. The Labute approximate surface area is 114 Å². The zero-order chi connectivity index (χ0) is 13.5. The maximum Gasteiger partial charge on any atom is 0.258 e. The number of hydrogen-bond donors (Lipinski definition) is 1. The molecular formula is C15H21NO3. The van der Waals surface area contributed by atoms with E-state index in [2.05, 4.69) is 12.2 Å². The molecule has 4 nitrogen and oxygen atoms in total. The van der Waals surface area contributed by atoms with Crippen LogP contribution in [0.25, 0.3) is 0 Å². The molecule has 19 heavy (non-hydrogen) atoms. The lowest BCUT2D eigenvalue weighted by molar-refractivity contribution is -0.123. The first kappa shape index (κ1) is 13.9. The number of benzene rings is 1. The fraction of sp³-hybridized carbons (Fsp3) is 0.533. The minimum atomic E-state index is -0.0996. The summed E-state index contributed by atoms with van der Waals surface area (Å²) < 4.78 is 10.9. The highest BCUT2D eigenvalue weighted by molar-refractivity contribution is 5.77. The Balaban J connectivity index is 1.70. The summed E-state index contributed by atoms with van der Waals surface area (Å²) in [5.74, 6) is 0.643. The van der Waals surface area contributed by atoms with Crippen LogP contribution in [0.3, 0.4) is 0 Å². The van der Waals surface area contributed by atoms with Crippen LogP contribution in [0.4, 0.5) is 0 Å². The van der Waals surface area contributed by atoms with Gasteiger partial charge in [-0.15, -0.1) is 0 Å². The van der Waals surface area contributed by atoms with Crippen LogP contribution < -0.4 is 10.1 Å². The van der Waals surface area contributed by atoms with Crippen molar-refractivity contribution in [1.82, 2.24) is 5.32 Å². The van der Waals surface area contributed by atoms with Crippen LogP contribution in [-0.2, 0) is 16.0 Å². The van der Waals surface area contributed by atoms with Crippen LogP contribution in [0.2, 0.25) is 0 Å². The molecule has 1 aliphatic rings. The molecule has 1 aromatic carbocycles. The zero-order valence-electron chi connectivity index (χ0n) is 11.4. The molecule has 2 rings (SSSR count). The quantitative estimate of drug-likeness (QED) is 0.853. The van der Waals surface area contributed by atoms with Gasteiger partial charge in [-0.3, -0.25) is 4.79 Å². The lowest BCUT2D eigenvalue weighted by Crippen LogP contribution is -2.35. The van der Waals surface area contributed by atoms with Gasteiger partial charge in [-0.05, 0) is 37.0 Å². The predicted molar refractivity (Wildman–Crippen MR) is 73.3 cm³/mol. The zero-order valence-corrected chi connectivity index (χ0v) is 11.4. The van der Waals surface area contributed by atoms with E-state index in [-0.39, 0.29) is 18.6 Å². The largest absolute Gasteiger partial charge is 0.484 e. The molecule has 1 aliphatic heterocycles. The summed E-state index contributed by atoms with van der Waals surface area (Å²) in [5.41, 5.74) is 1.21. The number of nitrogens with one attached hydrogen (secondary N) is 1. The van der Waals surface area contributed by atoms with Crippen LogP contribution >= 0.6 is 0 Å². The molecule has 1 heterocycles. The number of ether oxygens (including phenoxy) is 2. The van der Waals surface area contributed by atoms with Gasteiger partial charge in [0.05, 0.1) is 6.10 Å². The van der Waals surface area contributed by atoms with Crippen LogP contribution in [-0.4, -0.2) is 31.8 Å². The number of carbonyl (C=O) groups is 1. The first-order valence-corrected chi connectivity index (χ1v) is 6.88. The number of hydrogen-bond acceptors (Lipinski definition) is 3. The molecule has 104 valence electrons. The van der Waals surface area contributed by atoms with E-state index in [4.69, 9.17) is 9.47 Å². The Kier molecular flexibility index (Phi) is 5.21. The van der Waals surface area contributed by atoms with Crippen molar-refractivity contribution in [2.45, 2.75) is 32.3 Å². The topological polar surface area (TPSA) is 47.6 Å². The number of carbonyl (C=O) groups excluding carboxylic acids is 1. The Bertz CT molecular complexity index is 414. The van der Waals surface area contributed by atoms with Gasteiger partial charge in [-0.1, -0.05) is 19.1 Å². The van der Waals surface area contributed by atoms with Crippen molar-refractivity contribution in [3.05, 3.63) is 29.8 Å². The van der Waals surface area contributed by atoms with E-state index in [1.165, 1.54) is 5.56 Å². The third kappa shape index (κ3) is 4.56. The molecule has 0 aliphatic carbocycles. The maximum atomic E-state index is 11.6. The molecule has 0 radical (unpaired) electrons. The first-order chi connectivity index (χ1) is 9.28. The fourth-order valence-corrected chi connectivity index (χ4v) is 2.09. The molecule has 1 fully saturated rings. The molecule has 4 heteroatoms. The molecule has 0 aromatic heterocycles. The van der Waals surface area contributed by atoms with Crippen molar-refractivity contribution >= 4 is 5.91 Å². The molecule has 0 saturated carbocycles. The van der Waals surface area contributed by atoms with E-state index in [1.54, 1.807) is 0 Å². The van der Waals surface area contributed by atoms with Gasteiger partial charge in [-0.2, -0.15) is 0 Å². The molecule has 1 N–H and O–H groups in total. The van der Waals surface area contributed by atoms with E-state index in [1.807, 2.05) is 24.3 Å². The summed E-state index contributed by atoms with van der Waals surface area (Å²) in [4.78, 5) is 11.6. The van der Waals surface area contributed by atoms with E-state index in [0.29, 0.717) is 6.54 Å². The van der Waals surface area contributed by atoms with Crippen LogP contribution in [0.5, 0.6) is 5.75 Å². The predicted octanol–water partition coefficient (Wildman–Crippen LogP) is 1.92. The van der Waals surface area contributed by atoms with Crippen LogP contribution in [0.15, 0.2) is 24.3 Å². The monoisotopic (exact) mass is 263 g/mol. The van der Waals surface area contributed by atoms with E-state index < -0.39 is 0 Å². The summed E-state index contributed by atoms with van der Waals surface area (Å²) in [5, 5.41) is 2.83. The number of rotatable bonds is 6. The maximum absolute atomic E-state index is 11.6. The van der Waals surface area contributed by atoms with Gasteiger partial charge in [-0.25, -0.2) is 0 Å². The Hall–Kier alpha value is -1.55. The summed E-state index contributed by atoms with van der Waals surface area (Å²) in [6, 6.07) is 7.82. The molecule has 1 atom stereocenters. The normalized spacial score (nSPS) is 18.3. The van der Waals surface area contributed by atoms with Gasteiger partial charge in [0.2, 0.25) is 0 Å². The summed E-state index contributed by atoms with van der Waals surface area (Å²) in [6.45, 7) is 3.53. The van der Waals surface area contributed by atoms with Crippen molar-refractivity contribution < 1.29 is 14.3 Å². The van der Waals surface area contributed by atoms with Crippen molar-refractivity contribution in [2.75, 3.05) is 19.8 Å². The van der Waals surface area contributed by atoms with Gasteiger partial charge in [0.1, 0.15) is 5.75 Å². The summed E-state index contributed by atoms with van der Waals surface area (Å²) in [6.07, 6.45) is 3.25. The number of aryl methyl sites for hydroxylation is 1. The highest BCUT2D eigenvalue weighted by Crippen LogP contribution is 2.13. The van der Waals surface area contributed by atoms with Gasteiger partial charge >= 0.3 is 0 Å². The lowest BCUT2D eigenvalue weighted by Gasteiger charge is -2.11. The smallest absolute Gasteiger partial charge is 0.258 e. The fourth-order valence-electron chi connectivity index (χ4n) is 2.09. The minimum absolute atomic E-state index is 0.0554. The number of amides is 1. The third-order valence-electron chi connectivity index (χ3n) is 3.23. The van der Waals surface area contributed by atoms with Crippen molar-refractivity contribution in [2.24, 2.45) is 0 Å². The van der Waals surface area contributed by atoms with Crippen molar-refractivity contribution in [3.8, 4) is 5.75 Å². The highest BCUT2D eigenvalue weighted by atomic mass is 16.5. The summed E-state index contributed by atoms with van der Waals surface area (Å²) >= 11 is 0. The third-order valence-corrected chi connectivity index (χ3v) is 3.23. The Morgan fingerprint density at radius 3 is 3.16 bits per heavy atom. The second-order valence-corrected chi connectivity index (χ2v) is 4.73. The Morgan fingerprint density at radius 2 is 2.42 bits per heavy atom. The van der Waals surface area contributed by atoms with Gasteiger partial charge in [0.15, 0.2) is 6.61 Å². The molecule has 1 aromatic rings. The van der Waals surface area contributed by atoms with Gasteiger partial charge in [0, 0.05) is 13.2 Å². The molecule has 1 saturated heterocycles. The van der Waals surface area contributed by atoms with Crippen molar-refractivity contribution in [1.29, 1.82) is 0 Å². The molecule has 0 bridgehead atoms. The van der Waals surface area contributed by atoms with Crippen LogP contribution in [0.1, 0.15) is 25.3 Å². The highest BCUT2D eigenvalue weighted by Gasteiger charge is 2.16. The second-order valence-electron chi connectivity index (χ2n) is 4.73. The van der Waals surface area contributed by atoms with Crippen molar-refractivity contribution in [3.63, 3.8) is 0 Å². The summed E-state index contributed by atoms with van der Waals surface area (Å²) in [7, 11) is 0. The van der Waals surface area contributed by atoms with Crippen LogP contribution in [0, 0.1) is 0 Å². The Morgan fingerprint density at radius 1 is 1.53 bits per heavy atom. The lowest BCUT2D eigenvalue weighted by atomic mass is 10.2. The average Bonchev–Trinajstić information content (AvgIpc) is 2.96. The van der Waals surface area contributed by atoms with Gasteiger partial charge in [0.25, 0.3) is 5.91 Å². The van der Waals surface area contributed by atoms with Gasteiger partial charge < -0.3 is 14.8 Å². The minimum Gasteiger partial charge on any atom is -0.484 e. The molecule has 1 amide bonds.